The fraction of sp³-hybridized carbons (Fsp3) is 0.294. The number of rotatable bonds is 9. The minimum absolute atomic E-state index is 0.0300. The first-order chi connectivity index (χ1) is 22.9. The lowest BCUT2D eigenvalue weighted by Crippen LogP contribution is -2.62. The Morgan fingerprint density at radius 2 is 1.92 bits per heavy atom. The Morgan fingerprint density at radius 3 is 2.58 bits per heavy atom. The Bertz CT molecular complexity index is 1900. The summed E-state index contributed by atoms with van der Waals surface area (Å²) in [5, 5.41) is 29.9. The van der Waals surface area contributed by atoms with Crippen LogP contribution in [0.15, 0.2) is 65.3 Å². The molecule has 1 aliphatic heterocycles. The molecule has 3 amide bonds. The number of likely N-dealkylation sites (tertiary alicyclic amines) is 1. The number of benzene rings is 2. The van der Waals surface area contributed by atoms with Crippen molar-refractivity contribution in [3.05, 3.63) is 77.1 Å². The van der Waals surface area contributed by atoms with Crippen LogP contribution in [-0.2, 0) is 9.53 Å². The summed E-state index contributed by atoms with van der Waals surface area (Å²) in [5.41, 5.74) is 0.0797. The lowest BCUT2D eigenvalue weighted by Gasteiger charge is -2.45. The number of halogens is 1. The second-order valence-electron chi connectivity index (χ2n) is 12.1. The predicted octanol–water partition coefficient (Wildman–Crippen LogP) is 6.66. The molecular formula is C34H33ClN6O7. The molecule has 3 N–H and O–H groups in total. The van der Waals surface area contributed by atoms with Crippen LogP contribution in [0.2, 0.25) is 5.02 Å². The van der Waals surface area contributed by atoms with Crippen LogP contribution >= 0.6 is 11.6 Å². The first-order valence-corrected chi connectivity index (χ1v) is 15.3. The summed E-state index contributed by atoms with van der Waals surface area (Å²) in [6.07, 6.45) is 1.06. The Kier molecular flexibility index (Phi) is 9.69. The lowest BCUT2D eigenvalue weighted by molar-refractivity contribution is -0.131. The van der Waals surface area contributed by atoms with Gasteiger partial charge in [-0.2, -0.15) is 5.26 Å². The highest BCUT2D eigenvalue weighted by molar-refractivity contribution is 6.30. The molecule has 0 aliphatic carbocycles. The van der Waals surface area contributed by atoms with Crippen molar-refractivity contribution in [1.82, 2.24) is 15.0 Å². The van der Waals surface area contributed by atoms with E-state index in [0.717, 1.165) is 0 Å². The molecule has 0 unspecified atom stereocenters. The van der Waals surface area contributed by atoms with Crippen LogP contribution in [-0.4, -0.2) is 64.0 Å². The van der Waals surface area contributed by atoms with E-state index in [1.165, 1.54) is 24.3 Å². The van der Waals surface area contributed by atoms with Crippen molar-refractivity contribution >= 4 is 41.0 Å². The molecule has 0 saturated carbocycles. The van der Waals surface area contributed by atoms with Gasteiger partial charge in [-0.15, -0.1) is 0 Å². The van der Waals surface area contributed by atoms with Gasteiger partial charge in [0.25, 0.3) is 11.8 Å². The minimum Gasteiger partial charge on any atom is -0.467 e. The first-order valence-electron chi connectivity index (χ1n) is 14.9. The highest BCUT2D eigenvalue weighted by Crippen LogP contribution is 2.45. The fourth-order valence-electron chi connectivity index (χ4n) is 6.00. The molecule has 5 rings (SSSR count). The van der Waals surface area contributed by atoms with Crippen molar-refractivity contribution in [2.45, 2.75) is 39.2 Å². The van der Waals surface area contributed by atoms with E-state index in [1.54, 1.807) is 48.5 Å². The Hall–Kier alpha value is -5.45. The monoisotopic (exact) mass is 672 g/mol. The number of methoxy groups -OCH3 is 1. The number of pyridine rings is 1. The zero-order chi connectivity index (χ0) is 34.6. The predicted molar refractivity (Wildman–Crippen MR) is 177 cm³/mol. The number of carboxylic acid groups (broad SMARTS) is 1. The molecule has 1 fully saturated rings. The summed E-state index contributed by atoms with van der Waals surface area (Å²) in [5.74, 6) is -0.956. The van der Waals surface area contributed by atoms with E-state index in [-0.39, 0.29) is 30.5 Å². The second kappa shape index (κ2) is 13.7. The van der Waals surface area contributed by atoms with Crippen LogP contribution in [0, 0.1) is 16.7 Å². The number of carbonyl (C=O) groups excluding carboxylic acids is 2. The van der Waals surface area contributed by atoms with Crippen LogP contribution in [0.3, 0.4) is 0 Å². The molecular weight excluding hydrogens is 640 g/mol. The van der Waals surface area contributed by atoms with Crippen LogP contribution < -0.4 is 15.4 Å². The Morgan fingerprint density at radius 1 is 1.12 bits per heavy atom. The van der Waals surface area contributed by atoms with E-state index in [2.05, 4.69) is 26.8 Å². The third-order valence-electron chi connectivity index (χ3n) is 8.24. The number of aromatic nitrogens is 2. The van der Waals surface area contributed by atoms with Crippen molar-refractivity contribution in [2.75, 3.05) is 31.1 Å². The highest BCUT2D eigenvalue weighted by Gasteiger charge is 2.57. The number of nitrogens with one attached hydrogen (secondary N) is 2. The molecule has 48 heavy (non-hydrogen) atoms. The fourth-order valence-corrected chi connectivity index (χ4v) is 6.16. The number of amides is 3. The van der Waals surface area contributed by atoms with Gasteiger partial charge in [0.05, 0.1) is 11.9 Å². The summed E-state index contributed by atoms with van der Waals surface area (Å²) in [6, 6.07) is 16.9. The van der Waals surface area contributed by atoms with Crippen molar-refractivity contribution in [3.8, 4) is 34.2 Å². The maximum absolute atomic E-state index is 14.0. The van der Waals surface area contributed by atoms with Crippen LogP contribution in [0.25, 0.3) is 22.4 Å². The molecule has 13 nitrogen and oxygen atoms in total. The molecule has 14 heteroatoms. The topological polar surface area (TPSA) is 180 Å². The summed E-state index contributed by atoms with van der Waals surface area (Å²) < 4.78 is 15.8. The molecule has 1 aliphatic rings. The number of hydrogen-bond donors (Lipinski definition) is 3. The lowest BCUT2D eigenvalue weighted by atomic mass is 9.71. The van der Waals surface area contributed by atoms with Crippen LogP contribution in [0.4, 0.5) is 16.3 Å². The number of hydrogen-bond acceptors (Lipinski definition) is 9. The largest absolute Gasteiger partial charge is 0.467 e. The van der Waals surface area contributed by atoms with Gasteiger partial charge in [0, 0.05) is 41.6 Å². The van der Waals surface area contributed by atoms with Gasteiger partial charge in [-0.1, -0.05) is 49.7 Å². The van der Waals surface area contributed by atoms with E-state index in [0.29, 0.717) is 51.7 Å². The smallest absolute Gasteiger partial charge is 0.408 e. The SMILES string of the molecule is COCOc1cc(Cl)ccc1-c1cc(-c2cccc(NC(=O)[C@]3(C(C)(C)C)CCCN3C(=O)O)c2)c(C#N)c(NC(=O)c2ccno2)n1. The number of nitrogens with zero attached hydrogens (tertiary/aromatic N) is 4. The van der Waals surface area contributed by atoms with Crippen LogP contribution in [0.1, 0.15) is 49.7 Å². The normalized spacial score (nSPS) is 15.9. The van der Waals surface area contributed by atoms with Crippen LogP contribution in [0.5, 0.6) is 5.75 Å². The average Bonchev–Trinajstić information content (AvgIpc) is 3.75. The van der Waals surface area contributed by atoms with Gasteiger partial charge in [-0.25, -0.2) is 9.78 Å². The van der Waals surface area contributed by atoms with Gasteiger partial charge >= 0.3 is 6.09 Å². The second-order valence-corrected chi connectivity index (χ2v) is 12.5. The average molecular weight is 673 g/mol. The maximum Gasteiger partial charge on any atom is 0.408 e. The molecule has 1 saturated heterocycles. The summed E-state index contributed by atoms with van der Waals surface area (Å²) in [6.45, 7) is 5.70. The zero-order valence-corrected chi connectivity index (χ0v) is 27.4. The molecule has 0 spiro atoms. The molecule has 248 valence electrons. The number of nitriles is 1. The Labute approximate surface area is 281 Å². The van der Waals surface area contributed by atoms with Gasteiger partial charge in [0.15, 0.2) is 12.6 Å². The van der Waals surface area contributed by atoms with Gasteiger partial charge in [-0.3, -0.25) is 14.5 Å². The van der Waals surface area contributed by atoms with Gasteiger partial charge in [-0.05, 0) is 60.2 Å². The van der Waals surface area contributed by atoms with E-state index in [4.69, 9.17) is 25.6 Å². The molecule has 3 heterocycles. The Balaban J connectivity index is 1.62. The molecule has 4 aromatic rings. The molecule has 1 atom stereocenters. The summed E-state index contributed by atoms with van der Waals surface area (Å²) in [4.78, 5) is 45.1. The first kappa shape index (κ1) is 33.9. The van der Waals surface area contributed by atoms with Gasteiger partial charge in [0.1, 0.15) is 22.9 Å². The number of ether oxygens (including phenoxy) is 2. The molecule has 2 aromatic heterocycles. The summed E-state index contributed by atoms with van der Waals surface area (Å²) in [7, 11) is 1.47. The van der Waals surface area contributed by atoms with Gasteiger partial charge in [0.2, 0.25) is 5.76 Å². The maximum atomic E-state index is 14.0. The van der Waals surface area contributed by atoms with Crippen molar-refractivity contribution < 1.29 is 33.5 Å². The zero-order valence-electron chi connectivity index (χ0n) is 26.7. The molecule has 2 aromatic carbocycles. The van der Waals surface area contributed by atoms with E-state index >= 15 is 0 Å². The quantitative estimate of drug-likeness (QED) is 0.163. The summed E-state index contributed by atoms with van der Waals surface area (Å²) >= 11 is 6.26. The van der Waals surface area contributed by atoms with Crippen molar-refractivity contribution in [3.63, 3.8) is 0 Å². The van der Waals surface area contributed by atoms with Crippen molar-refractivity contribution in [1.29, 1.82) is 5.26 Å². The standard InChI is InChI=1S/C34H33ClN6O7/c1-33(2,3)34(12-6-14-41(34)32(44)45)31(43)38-22-8-5-7-20(15-22)24-17-26(23-10-9-21(35)16-28(23)47-19-46-4)39-29(25(24)18-36)40-30(42)27-11-13-37-48-27/h5,7-11,13,15-17H,6,12,14,19H2,1-4H3,(H,38,43)(H,44,45)(H,39,40,42)/t34-/m0/s1. The molecule has 0 radical (unpaired) electrons. The highest BCUT2D eigenvalue weighted by atomic mass is 35.5. The number of anilines is 2. The van der Waals surface area contributed by atoms with Crippen molar-refractivity contribution in [2.24, 2.45) is 5.41 Å². The number of carbonyl (C=O) groups is 3. The van der Waals surface area contributed by atoms with E-state index < -0.39 is 28.9 Å². The van der Waals surface area contributed by atoms with Gasteiger partial charge < -0.3 is 29.7 Å². The minimum atomic E-state index is -1.30. The van der Waals surface area contributed by atoms with E-state index in [9.17, 15) is 24.8 Å². The third-order valence-corrected chi connectivity index (χ3v) is 8.47. The third kappa shape index (κ3) is 6.53. The molecule has 0 bridgehead atoms. The van der Waals surface area contributed by atoms with E-state index in [1.807, 2.05) is 20.8 Å².